The molecule has 3 aliphatic heterocycles. The molecule has 0 radical (unpaired) electrons. The fourth-order valence-corrected chi connectivity index (χ4v) is 6.00. The van der Waals surface area contributed by atoms with Gasteiger partial charge >= 0.3 is 12.2 Å². The van der Waals surface area contributed by atoms with Crippen molar-refractivity contribution in [1.29, 1.82) is 5.26 Å². The van der Waals surface area contributed by atoms with Crippen LogP contribution in [0.5, 0.6) is 0 Å². The highest BCUT2D eigenvalue weighted by Gasteiger charge is 2.56. The van der Waals surface area contributed by atoms with Crippen molar-refractivity contribution in [1.82, 2.24) is 20.1 Å². The second-order valence-electron chi connectivity index (χ2n) is 10.0. The third-order valence-electron chi connectivity index (χ3n) is 7.35. The van der Waals surface area contributed by atoms with E-state index in [1.807, 2.05) is 4.90 Å². The lowest BCUT2D eigenvalue weighted by Crippen LogP contribution is -2.75. The van der Waals surface area contributed by atoms with Crippen LogP contribution in [0.4, 0.5) is 18.0 Å². The number of amides is 3. The van der Waals surface area contributed by atoms with Crippen molar-refractivity contribution in [2.75, 3.05) is 26.2 Å². The maximum Gasteiger partial charge on any atom is 0.434 e. The van der Waals surface area contributed by atoms with Gasteiger partial charge in [-0.1, -0.05) is 0 Å². The van der Waals surface area contributed by atoms with Crippen LogP contribution in [0.15, 0.2) is 12.3 Å². The average Bonchev–Trinajstić information content (AvgIpc) is 2.65. The van der Waals surface area contributed by atoms with Gasteiger partial charge in [0, 0.05) is 44.2 Å². The van der Waals surface area contributed by atoms with Crippen molar-refractivity contribution in [3.05, 3.63) is 29.1 Å². The van der Waals surface area contributed by atoms with E-state index in [0.717, 1.165) is 25.7 Å². The maximum absolute atomic E-state index is 12.9. The van der Waals surface area contributed by atoms with E-state index in [0.29, 0.717) is 50.5 Å². The molecule has 32 heavy (non-hydrogen) atoms. The van der Waals surface area contributed by atoms with Crippen molar-refractivity contribution < 1.29 is 22.8 Å². The van der Waals surface area contributed by atoms with E-state index in [1.165, 1.54) is 12.3 Å². The lowest BCUT2D eigenvalue weighted by atomic mass is 9.56. The van der Waals surface area contributed by atoms with Gasteiger partial charge in [0.25, 0.3) is 0 Å². The number of pyridine rings is 1. The van der Waals surface area contributed by atoms with E-state index >= 15 is 0 Å². The van der Waals surface area contributed by atoms with Crippen LogP contribution in [0.3, 0.4) is 0 Å². The lowest BCUT2D eigenvalue weighted by Gasteiger charge is -2.61. The van der Waals surface area contributed by atoms with Gasteiger partial charge in [-0.05, 0) is 49.7 Å². The molecular formula is C22H24F3N5O2. The van der Waals surface area contributed by atoms with Crippen LogP contribution in [0, 0.1) is 22.7 Å². The molecule has 2 spiro atoms. The zero-order chi connectivity index (χ0) is 22.7. The highest BCUT2D eigenvalue weighted by Crippen LogP contribution is 2.53. The Bertz CT molecular complexity index is 998. The molecule has 10 heteroatoms. The summed E-state index contributed by atoms with van der Waals surface area (Å²) < 4.78 is 38.7. The Morgan fingerprint density at radius 2 is 1.94 bits per heavy atom. The minimum atomic E-state index is -4.63. The molecule has 4 aliphatic rings. The number of rotatable bonds is 2. The number of aromatic nitrogens is 1. The summed E-state index contributed by atoms with van der Waals surface area (Å²) in [4.78, 5) is 31.5. The zero-order valence-corrected chi connectivity index (χ0v) is 17.5. The molecule has 5 rings (SSSR count). The molecule has 4 fully saturated rings. The fraction of sp³-hybridized carbons (Fsp3) is 0.636. The normalized spacial score (nSPS) is 23.8. The molecule has 3 amide bonds. The fourth-order valence-electron chi connectivity index (χ4n) is 6.00. The highest BCUT2D eigenvalue weighted by atomic mass is 19.4. The topological polar surface area (TPSA) is 89.3 Å². The Morgan fingerprint density at radius 1 is 1.25 bits per heavy atom. The minimum Gasteiger partial charge on any atom is -0.347 e. The van der Waals surface area contributed by atoms with Gasteiger partial charge in [0.1, 0.15) is 6.07 Å². The highest BCUT2D eigenvalue weighted by molar-refractivity contribution is 5.80. The van der Waals surface area contributed by atoms with E-state index in [4.69, 9.17) is 5.26 Å². The Labute approximate surface area is 183 Å². The molecular weight excluding hydrogens is 423 g/mol. The largest absolute Gasteiger partial charge is 0.434 e. The monoisotopic (exact) mass is 447 g/mol. The quantitative estimate of drug-likeness (QED) is 0.755. The molecule has 0 aromatic carbocycles. The first-order valence-corrected chi connectivity index (χ1v) is 10.9. The zero-order valence-electron chi connectivity index (χ0n) is 17.5. The van der Waals surface area contributed by atoms with Crippen LogP contribution >= 0.6 is 0 Å². The number of nitriles is 1. The van der Waals surface area contributed by atoms with Crippen LogP contribution in [0.25, 0.3) is 0 Å². The third-order valence-corrected chi connectivity index (χ3v) is 7.35. The van der Waals surface area contributed by atoms with Crippen LogP contribution in [0.2, 0.25) is 0 Å². The maximum atomic E-state index is 12.9. The van der Waals surface area contributed by atoms with Crippen LogP contribution in [-0.2, 0) is 17.4 Å². The number of urea groups is 1. The van der Waals surface area contributed by atoms with E-state index in [9.17, 15) is 22.8 Å². The predicted octanol–water partition coefficient (Wildman–Crippen LogP) is 2.70. The summed E-state index contributed by atoms with van der Waals surface area (Å²) in [5, 5.41) is 12.1. The van der Waals surface area contributed by atoms with Gasteiger partial charge in [-0.3, -0.25) is 9.78 Å². The van der Waals surface area contributed by atoms with Gasteiger partial charge in [-0.25, -0.2) is 4.79 Å². The first-order chi connectivity index (χ1) is 15.1. The van der Waals surface area contributed by atoms with E-state index < -0.39 is 17.4 Å². The molecule has 1 aliphatic carbocycles. The third kappa shape index (κ3) is 3.57. The van der Waals surface area contributed by atoms with Crippen LogP contribution in [-0.4, -0.2) is 58.4 Å². The molecule has 4 heterocycles. The second kappa shape index (κ2) is 7.09. The first-order valence-electron chi connectivity index (χ1n) is 10.9. The molecule has 0 bridgehead atoms. The van der Waals surface area contributed by atoms with Gasteiger partial charge in [0.05, 0.1) is 11.1 Å². The Morgan fingerprint density at radius 3 is 2.56 bits per heavy atom. The summed E-state index contributed by atoms with van der Waals surface area (Å²) in [7, 11) is 0. The van der Waals surface area contributed by atoms with Crippen LogP contribution < -0.4 is 5.32 Å². The molecule has 1 N–H and O–H groups in total. The number of nitrogens with one attached hydrogen (secondary N) is 1. The van der Waals surface area contributed by atoms with Gasteiger partial charge in [-0.15, -0.1) is 0 Å². The molecule has 0 atom stereocenters. The number of nitrogens with zero attached hydrogens (tertiary/aromatic N) is 4. The summed E-state index contributed by atoms with van der Waals surface area (Å²) >= 11 is 0. The summed E-state index contributed by atoms with van der Waals surface area (Å²) in [6, 6.07) is 2.92. The number of alkyl halides is 3. The molecule has 1 saturated carbocycles. The summed E-state index contributed by atoms with van der Waals surface area (Å²) in [5.41, 5.74) is -1.05. The Hall–Kier alpha value is -2.83. The summed E-state index contributed by atoms with van der Waals surface area (Å²) in [6.07, 6.45) is 1.35. The molecule has 7 nitrogen and oxygen atoms in total. The van der Waals surface area contributed by atoms with Crippen molar-refractivity contribution in [2.45, 2.75) is 50.2 Å². The van der Waals surface area contributed by atoms with Crippen molar-refractivity contribution in [3.63, 3.8) is 0 Å². The number of halogens is 3. The molecule has 170 valence electrons. The van der Waals surface area contributed by atoms with Gasteiger partial charge < -0.3 is 15.1 Å². The standard InChI is InChI=1S/C22H24F3N5O2/c23-22(24,25)18-16(8-26)5-14(9-27-18)4-15-6-20(7-15)10-29(11-20)19(32)30-12-21(13-30)3-1-2-17(31)28-21/h5,9,15H,1-4,6-7,10-13H2,(H,28,31). The molecule has 3 saturated heterocycles. The summed E-state index contributed by atoms with van der Waals surface area (Å²) in [5.74, 6) is 0.388. The predicted molar refractivity (Wildman–Crippen MR) is 106 cm³/mol. The average molecular weight is 447 g/mol. The number of hydrogen-bond donors (Lipinski definition) is 1. The van der Waals surface area contributed by atoms with Crippen molar-refractivity contribution >= 4 is 11.9 Å². The molecule has 1 aromatic heterocycles. The van der Waals surface area contributed by atoms with Crippen molar-refractivity contribution in [3.8, 4) is 6.07 Å². The number of hydrogen-bond acceptors (Lipinski definition) is 4. The van der Waals surface area contributed by atoms with Gasteiger partial charge in [0.2, 0.25) is 5.91 Å². The summed E-state index contributed by atoms with van der Waals surface area (Å²) in [6.45, 7) is 2.55. The SMILES string of the molecule is N#Cc1cc(CC2CC3(C2)CN(C(=O)N2CC4(CCCC(=O)N4)C2)C3)cnc1C(F)(F)F. The van der Waals surface area contributed by atoms with E-state index in [1.54, 1.807) is 11.0 Å². The lowest BCUT2D eigenvalue weighted by molar-refractivity contribution is -0.141. The number of piperidine rings is 1. The first kappa shape index (κ1) is 21.0. The van der Waals surface area contributed by atoms with Crippen LogP contribution in [0.1, 0.15) is 48.9 Å². The Balaban J connectivity index is 1.09. The minimum absolute atomic E-state index is 0.0233. The van der Waals surface area contributed by atoms with Crippen molar-refractivity contribution in [2.24, 2.45) is 11.3 Å². The second-order valence-corrected chi connectivity index (χ2v) is 10.0. The molecule has 1 aromatic rings. The number of carbonyl (C=O) groups is 2. The smallest absolute Gasteiger partial charge is 0.347 e. The van der Waals surface area contributed by atoms with Gasteiger partial charge in [0.15, 0.2) is 5.69 Å². The number of likely N-dealkylation sites (tertiary alicyclic amines) is 2. The molecule has 0 unspecified atom stereocenters. The van der Waals surface area contributed by atoms with E-state index in [-0.39, 0.29) is 22.9 Å². The number of carbonyl (C=O) groups excluding carboxylic acids is 2. The van der Waals surface area contributed by atoms with E-state index in [2.05, 4.69) is 10.3 Å². The van der Waals surface area contributed by atoms with Gasteiger partial charge in [-0.2, -0.15) is 18.4 Å². The Kier molecular flexibility index (Phi) is 4.66.